The van der Waals surface area contributed by atoms with Crippen molar-refractivity contribution in [1.29, 1.82) is 0 Å². The van der Waals surface area contributed by atoms with Crippen LogP contribution in [0.4, 0.5) is 0 Å². The van der Waals surface area contributed by atoms with Crippen molar-refractivity contribution in [2.45, 2.75) is 25.7 Å². The molecule has 27 heavy (non-hydrogen) atoms. The van der Waals surface area contributed by atoms with E-state index in [0.717, 1.165) is 36.8 Å². The largest absolute Gasteiger partial charge is 0.495 e. The van der Waals surface area contributed by atoms with Crippen molar-refractivity contribution in [3.63, 3.8) is 0 Å². The minimum atomic E-state index is 0.0422. The third-order valence-electron chi connectivity index (χ3n) is 5.28. The highest BCUT2D eigenvalue weighted by Crippen LogP contribution is 2.36. The number of methoxy groups -OCH3 is 2. The second kappa shape index (κ2) is 9.27. The minimum absolute atomic E-state index is 0.0422. The molecule has 1 fully saturated rings. The lowest BCUT2D eigenvalue weighted by Crippen LogP contribution is -2.38. The van der Waals surface area contributed by atoms with E-state index >= 15 is 0 Å². The van der Waals surface area contributed by atoms with Crippen molar-refractivity contribution in [2.75, 3.05) is 27.3 Å². The van der Waals surface area contributed by atoms with E-state index in [1.54, 1.807) is 26.4 Å². The maximum Gasteiger partial charge on any atom is 0.254 e. The minimum Gasteiger partial charge on any atom is -0.495 e. The summed E-state index contributed by atoms with van der Waals surface area (Å²) < 4.78 is 11.4. The summed E-state index contributed by atoms with van der Waals surface area (Å²) in [6, 6.07) is 14.2. The number of hydrogen-bond donors (Lipinski definition) is 0. The van der Waals surface area contributed by atoms with Gasteiger partial charge in [0.2, 0.25) is 0 Å². The lowest BCUT2D eigenvalue weighted by atomic mass is 9.90. The molecule has 4 nitrogen and oxygen atoms in total. The standard InChI is InChI=1S/C22H26BrNO3/c1-26-19-14-18(15-20(27-2)21(19)23)22(25)24-12-10-17(11-13-24)9-8-16-6-4-3-5-7-16/h3-7,14-15,17H,8-13H2,1-2H3. The van der Waals surface area contributed by atoms with Gasteiger partial charge in [-0.25, -0.2) is 0 Å². The Labute approximate surface area is 169 Å². The smallest absolute Gasteiger partial charge is 0.254 e. The summed E-state index contributed by atoms with van der Waals surface area (Å²) in [5.74, 6) is 1.94. The van der Waals surface area contributed by atoms with Gasteiger partial charge >= 0.3 is 0 Å². The number of amides is 1. The van der Waals surface area contributed by atoms with Crippen molar-refractivity contribution in [3.8, 4) is 11.5 Å². The maximum absolute atomic E-state index is 12.9. The molecule has 0 aliphatic carbocycles. The zero-order chi connectivity index (χ0) is 19.2. The SMILES string of the molecule is COc1cc(C(=O)N2CCC(CCc3ccccc3)CC2)cc(OC)c1Br. The number of hydrogen-bond acceptors (Lipinski definition) is 3. The summed E-state index contributed by atoms with van der Waals surface area (Å²) in [5.41, 5.74) is 2.00. The molecule has 0 spiro atoms. The van der Waals surface area contributed by atoms with Gasteiger partial charge in [0, 0.05) is 18.7 Å². The fourth-order valence-electron chi connectivity index (χ4n) is 3.62. The summed E-state index contributed by atoms with van der Waals surface area (Å²) in [4.78, 5) is 14.9. The van der Waals surface area contributed by atoms with E-state index in [9.17, 15) is 4.79 Å². The molecule has 0 aromatic heterocycles. The normalized spacial score (nSPS) is 14.9. The Morgan fingerprint density at radius 1 is 1.07 bits per heavy atom. The number of rotatable bonds is 6. The number of benzene rings is 2. The van der Waals surface area contributed by atoms with Crippen LogP contribution in [-0.2, 0) is 6.42 Å². The molecule has 1 heterocycles. The van der Waals surface area contributed by atoms with Gasteiger partial charge in [-0.1, -0.05) is 30.3 Å². The first-order valence-corrected chi connectivity index (χ1v) is 10.2. The molecule has 0 bridgehead atoms. The zero-order valence-electron chi connectivity index (χ0n) is 15.9. The van der Waals surface area contributed by atoms with E-state index in [2.05, 4.69) is 46.3 Å². The van der Waals surface area contributed by atoms with Crippen molar-refractivity contribution in [2.24, 2.45) is 5.92 Å². The van der Waals surface area contributed by atoms with Crippen LogP contribution in [0.15, 0.2) is 46.9 Å². The van der Waals surface area contributed by atoms with Crippen LogP contribution in [0.5, 0.6) is 11.5 Å². The fraction of sp³-hybridized carbons (Fsp3) is 0.409. The lowest BCUT2D eigenvalue weighted by Gasteiger charge is -2.32. The van der Waals surface area contributed by atoms with Gasteiger partial charge in [-0.05, 0) is 65.2 Å². The van der Waals surface area contributed by atoms with E-state index in [1.165, 1.54) is 12.0 Å². The third kappa shape index (κ3) is 4.83. The van der Waals surface area contributed by atoms with Crippen LogP contribution in [0.3, 0.4) is 0 Å². The van der Waals surface area contributed by atoms with E-state index < -0.39 is 0 Å². The van der Waals surface area contributed by atoms with Crippen molar-refractivity contribution >= 4 is 21.8 Å². The molecule has 2 aromatic rings. The molecule has 144 valence electrons. The van der Waals surface area contributed by atoms with Crippen molar-refractivity contribution < 1.29 is 14.3 Å². The maximum atomic E-state index is 12.9. The molecule has 1 amide bonds. The Bertz CT molecular complexity index is 745. The average Bonchev–Trinajstić information content (AvgIpc) is 2.73. The number of piperidine rings is 1. The molecule has 1 saturated heterocycles. The Morgan fingerprint density at radius 2 is 1.67 bits per heavy atom. The first-order valence-electron chi connectivity index (χ1n) is 9.37. The summed E-state index contributed by atoms with van der Waals surface area (Å²) in [6.07, 6.45) is 4.42. The Balaban J connectivity index is 1.58. The number of likely N-dealkylation sites (tertiary alicyclic amines) is 1. The number of ether oxygens (including phenoxy) is 2. The lowest BCUT2D eigenvalue weighted by molar-refractivity contribution is 0.0686. The van der Waals surface area contributed by atoms with Gasteiger partial charge in [0.05, 0.1) is 14.2 Å². The summed E-state index contributed by atoms with van der Waals surface area (Å²) in [6.45, 7) is 1.61. The number of nitrogens with zero attached hydrogens (tertiary/aromatic N) is 1. The van der Waals surface area contributed by atoms with E-state index in [0.29, 0.717) is 23.0 Å². The van der Waals surface area contributed by atoms with E-state index in [4.69, 9.17) is 9.47 Å². The van der Waals surface area contributed by atoms with E-state index in [1.807, 2.05) is 4.90 Å². The predicted octanol–water partition coefficient (Wildman–Crippen LogP) is 4.95. The van der Waals surface area contributed by atoms with Crippen molar-refractivity contribution in [1.82, 2.24) is 4.90 Å². The van der Waals surface area contributed by atoms with Crippen LogP contribution < -0.4 is 9.47 Å². The second-order valence-electron chi connectivity index (χ2n) is 6.95. The molecule has 0 N–H and O–H groups in total. The molecular weight excluding hydrogens is 406 g/mol. The molecule has 0 saturated carbocycles. The number of halogens is 1. The van der Waals surface area contributed by atoms with Crippen LogP contribution in [0.1, 0.15) is 35.2 Å². The highest BCUT2D eigenvalue weighted by atomic mass is 79.9. The highest BCUT2D eigenvalue weighted by molar-refractivity contribution is 9.10. The molecule has 3 rings (SSSR count). The monoisotopic (exact) mass is 431 g/mol. The molecule has 1 aliphatic heterocycles. The molecule has 0 unspecified atom stereocenters. The molecule has 1 aliphatic rings. The van der Waals surface area contributed by atoms with E-state index in [-0.39, 0.29) is 5.91 Å². The summed E-state index contributed by atoms with van der Waals surface area (Å²) in [5, 5.41) is 0. The van der Waals surface area contributed by atoms with Gasteiger partial charge in [0.15, 0.2) is 0 Å². The first-order chi connectivity index (χ1) is 13.1. The number of carbonyl (C=O) groups is 1. The van der Waals surface area contributed by atoms with Gasteiger partial charge < -0.3 is 14.4 Å². The first kappa shape index (κ1) is 19.7. The van der Waals surface area contributed by atoms with Gasteiger partial charge in [0.1, 0.15) is 16.0 Å². The van der Waals surface area contributed by atoms with Crippen LogP contribution in [0.2, 0.25) is 0 Å². The quantitative estimate of drug-likeness (QED) is 0.649. The number of carbonyl (C=O) groups excluding carboxylic acids is 1. The van der Waals surface area contributed by atoms with Crippen LogP contribution in [0, 0.1) is 5.92 Å². The van der Waals surface area contributed by atoms with Crippen LogP contribution in [0.25, 0.3) is 0 Å². The predicted molar refractivity (Wildman–Crippen MR) is 111 cm³/mol. The molecule has 0 atom stereocenters. The van der Waals surface area contributed by atoms with Crippen LogP contribution >= 0.6 is 15.9 Å². The van der Waals surface area contributed by atoms with Gasteiger partial charge in [-0.2, -0.15) is 0 Å². The molecule has 0 radical (unpaired) electrons. The molecule has 2 aromatic carbocycles. The van der Waals surface area contributed by atoms with Gasteiger partial charge in [-0.15, -0.1) is 0 Å². The molecule has 5 heteroatoms. The van der Waals surface area contributed by atoms with Crippen molar-refractivity contribution in [3.05, 3.63) is 58.1 Å². The molecular formula is C22H26BrNO3. The highest BCUT2D eigenvalue weighted by Gasteiger charge is 2.25. The summed E-state index contributed by atoms with van der Waals surface area (Å²) >= 11 is 3.45. The topological polar surface area (TPSA) is 38.8 Å². The van der Waals surface area contributed by atoms with Crippen LogP contribution in [-0.4, -0.2) is 38.1 Å². The Kier molecular flexibility index (Phi) is 6.78. The second-order valence-corrected chi connectivity index (χ2v) is 7.75. The third-order valence-corrected chi connectivity index (χ3v) is 6.06. The average molecular weight is 432 g/mol. The zero-order valence-corrected chi connectivity index (χ0v) is 17.5. The van der Waals surface area contributed by atoms with Gasteiger partial charge in [-0.3, -0.25) is 4.79 Å². The Morgan fingerprint density at radius 3 is 2.22 bits per heavy atom. The van der Waals surface area contributed by atoms with Gasteiger partial charge in [0.25, 0.3) is 5.91 Å². The Hall–Kier alpha value is -2.01. The summed E-state index contributed by atoms with van der Waals surface area (Å²) in [7, 11) is 3.18. The fourth-order valence-corrected chi connectivity index (χ4v) is 4.17. The number of aryl methyl sites for hydroxylation is 1.